The molecule has 0 aliphatic rings. The monoisotopic (exact) mass is 410 g/mol. The highest BCUT2D eigenvalue weighted by molar-refractivity contribution is 6.10. The summed E-state index contributed by atoms with van der Waals surface area (Å²) in [5.74, 6) is -3.95. The highest BCUT2D eigenvalue weighted by atomic mass is 19.1. The van der Waals surface area contributed by atoms with E-state index in [-0.39, 0.29) is 41.5 Å². The molecule has 0 aliphatic carbocycles. The van der Waals surface area contributed by atoms with Gasteiger partial charge in [-0.05, 0) is 32.9 Å². The number of quaternary nitrogens is 1. The molecule has 1 heterocycles. The third-order valence-electron chi connectivity index (χ3n) is 4.17. The molecule has 0 bridgehead atoms. The van der Waals surface area contributed by atoms with E-state index < -0.39 is 35.5 Å². The van der Waals surface area contributed by atoms with E-state index in [0.717, 1.165) is 12.1 Å². The van der Waals surface area contributed by atoms with Crippen molar-refractivity contribution in [3.05, 3.63) is 52.3 Å². The number of hydrogen-bond acceptors (Lipinski definition) is 5. The maximum atomic E-state index is 13.8. The van der Waals surface area contributed by atoms with E-state index in [0.29, 0.717) is 0 Å². The Morgan fingerprint density at radius 2 is 1.97 bits per heavy atom. The van der Waals surface area contributed by atoms with Crippen LogP contribution in [0.1, 0.15) is 51.9 Å². The van der Waals surface area contributed by atoms with Gasteiger partial charge in [-0.3, -0.25) is 14.9 Å². The van der Waals surface area contributed by atoms with Crippen LogP contribution in [0.25, 0.3) is 0 Å². The molecule has 5 N–H and O–H groups in total. The SMILES string of the molecule is CCOC(=O)c1c(C)oc(NC(=O)C[NH2+][C@@H](C)c2ccc(F)cc2F)c1C(N)=O. The van der Waals surface area contributed by atoms with E-state index in [4.69, 9.17) is 14.9 Å². The minimum atomic E-state index is -0.967. The molecule has 0 spiro atoms. The van der Waals surface area contributed by atoms with Crippen molar-refractivity contribution in [2.45, 2.75) is 26.8 Å². The van der Waals surface area contributed by atoms with E-state index in [9.17, 15) is 23.2 Å². The molecule has 1 aromatic carbocycles. The van der Waals surface area contributed by atoms with Crippen LogP contribution < -0.4 is 16.4 Å². The maximum Gasteiger partial charge on any atom is 0.342 e. The van der Waals surface area contributed by atoms with Crippen LogP contribution >= 0.6 is 0 Å². The first-order valence-electron chi connectivity index (χ1n) is 8.84. The Kier molecular flexibility index (Phi) is 7.05. The van der Waals surface area contributed by atoms with E-state index in [1.807, 2.05) is 0 Å². The molecule has 0 unspecified atom stereocenters. The van der Waals surface area contributed by atoms with Gasteiger partial charge in [0.05, 0.1) is 6.61 Å². The molecule has 2 rings (SSSR count). The number of furan rings is 1. The van der Waals surface area contributed by atoms with E-state index in [1.165, 1.54) is 18.3 Å². The second kappa shape index (κ2) is 9.28. The minimum Gasteiger partial charge on any atom is -0.462 e. The van der Waals surface area contributed by atoms with Gasteiger partial charge in [0.25, 0.3) is 11.8 Å². The molecule has 1 aromatic heterocycles. The zero-order valence-electron chi connectivity index (χ0n) is 16.2. The first-order chi connectivity index (χ1) is 13.6. The van der Waals surface area contributed by atoms with Gasteiger partial charge in [0.2, 0.25) is 5.88 Å². The molecule has 0 saturated carbocycles. The minimum absolute atomic E-state index is 0.0679. The molecule has 0 aliphatic heterocycles. The van der Waals surface area contributed by atoms with Crippen molar-refractivity contribution in [3.63, 3.8) is 0 Å². The zero-order chi connectivity index (χ0) is 21.7. The van der Waals surface area contributed by atoms with Gasteiger partial charge in [0, 0.05) is 11.6 Å². The van der Waals surface area contributed by atoms with Crippen LogP contribution in [0.15, 0.2) is 22.6 Å². The number of ether oxygens (including phenoxy) is 1. The molecule has 0 fully saturated rings. The number of amides is 2. The van der Waals surface area contributed by atoms with Crippen molar-refractivity contribution in [1.82, 2.24) is 0 Å². The van der Waals surface area contributed by atoms with Gasteiger partial charge in [-0.15, -0.1) is 0 Å². The Morgan fingerprint density at radius 1 is 1.28 bits per heavy atom. The number of hydrogen-bond donors (Lipinski definition) is 3. The smallest absolute Gasteiger partial charge is 0.342 e. The van der Waals surface area contributed by atoms with Crippen LogP contribution in [0.3, 0.4) is 0 Å². The fourth-order valence-corrected chi connectivity index (χ4v) is 2.78. The summed E-state index contributed by atoms with van der Waals surface area (Å²) in [5.41, 5.74) is 5.12. The van der Waals surface area contributed by atoms with Crippen molar-refractivity contribution >= 4 is 23.7 Å². The van der Waals surface area contributed by atoms with Crippen molar-refractivity contribution in [2.75, 3.05) is 18.5 Å². The fourth-order valence-electron chi connectivity index (χ4n) is 2.78. The topological polar surface area (TPSA) is 128 Å². The van der Waals surface area contributed by atoms with Gasteiger partial charge in [-0.1, -0.05) is 0 Å². The highest BCUT2D eigenvalue weighted by Gasteiger charge is 2.29. The maximum absolute atomic E-state index is 13.8. The lowest BCUT2D eigenvalue weighted by Crippen LogP contribution is -2.86. The van der Waals surface area contributed by atoms with Gasteiger partial charge >= 0.3 is 5.97 Å². The van der Waals surface area contributed by atoms with Gasteiger partial charge in [0.1, 0.15) is 34.6 Å². The molecule has 156 valence electrons. The average Bonchev–Trinajstić information content (AvgIpc) is 2.96. The summed E-state index contributed by atoms with van der Waals surface area (Å²) >= 11 is 0. The Hall–Kier alpha value is -3.27. The number of rotatable bonds is 8. The lowest BCUT2D eigenvalue weighted by Gasteiger charge is -2.12. The number of nitrogens with one attached hydrogen (secondary N) is 1. The Balaban J connectivity index is 2.11. The first kappa shape index (κ1) is 22.0. The van der Waals surface area contributed by atoms with Gasteiger partial charge in [-0.25, -0.2) is 13.6 Å². The van der Waals surface area contributed by atoms with Crippen molar-refractivity contribution in [2.24, 2.45) is 5.73 Å². The summed E-state index contributed by atoms with van der Waals surface area (Å²) < 4.78 is 37.0. The number of aryl methyl sites for hydroxylation is 1. The molecule has 1 atom stereocenters. The summed E-state index contributed by atoms with van der Waals surface area (Å²) in [6.07, 6.45) is 0. The van der Waals surface area contributed by atoms with Gasteiger partial charge in [0.15, 0.2) is 6.54 Å². The van der Waals surface area contributed by atoms with Crippen LogP contribution in [-0.2, 0) is 9.53 Å². The number of primary amides is 1. The van der Waals surface area contributed by atoms with Gasteiger partial charge < -0.3 is 20.2 Å². The predicted molar refractivity (Wildman–Crippen MR) is 98.1 cm³/mol. The third kappa shape index (κ3) is 5.17. The molecule has 8 nitrogen and oxygen atoms in total. The number of esters is 1. The molecule has 10 heteroatoms. The average molecular weight is 410 g/mol. The van der Waals surface area contributed by atoms with Crippen LogP contribution in [0.4, 0.5) is 14.7 Å². The zero-order valence-corrected chi connectivity index (χ0v) is 16.2. The molecule has 0 saturated heterocycles. The Bertz CT molecular complexity index is 942. The Morgan fingerprint density at radius 3 is 2.55 bits per heavy atom. The molecular formula is C19H22F2N3O5+. The number of halogens is 2. The van der Waals surface area contributed by atoms with Crippen molar-refractivity contribution in [3.8, 4) is 0 Å². The summed E-state index contributed by atoms with van der Waals surface area (Å²) in [5, 5.41) is 3.89. The third-order valence-corrected chi connectivity index (χ3v) is 4.17. The lowest BCUT2D eigenvalue weighted by atomic mass is 10.1. The van der Waals surface area contributed by atoms with Crippen LogP contribution in [0, 0.1) is 18.6 Å². The standard InChI is InChI=1S/C19H21F2N3O5/c1-4-28-19(27)15-10(3)29-18(16(15)17(22)26)24-14(25)8-23-9(2)12-6-5-11(20)7-13(12)21/h5-7,9,23H,4,8H2,1-3H3,(H2,22,26)(H,24,25)/p+1/t9-/m0/s1. The normalized spacial score (nSPS) is 11.8. The second-order valence-electron chi connectivity index (χ2n) is 6.26. The number of carbonyl (C=O) groups excluding carboxylic acids is 3. The van der Waals surface area contributed by atoms with Gasteiger partial charge in [-0.2, -0.15) is 0 Å². The van der Waals surface area contributed by atoms with Crippen molar-refractivity contribution in [1.29, 1.82) is 0 Å². The number of carbonyl (C=O) groups is 3. The number of benzene rings is 1. The predicted octanol–water partition coefficient (Wildman–Crippen LogP) is 1.40. The summed E-state index contributed by atoms with van der Waals surface area (Å²) in [6.45, 7) is 4.59. The number of anilines is 1. The summed E-state index contributed by atoms with van der Waals surface area (Å²) in [4.78, 5) is 36.1. The van der Waals surface area contributed by atoms with E-state index in [1.54, 1.807) is 13.8 Å². The number of nitrogens with two attached hydrogens (primary N) is 2. The molecule has 29 heavy (non-hydrogen) atoms. The summed E-state index contributed by atoms with van der Waals surface area (Å²) in [7, 11) is 0. The van der Waals surface area contributed by atoms with Crippen molar-refractivity contribution < 1.29 is 37.6 Å². The molecular weight excluding hydrogens is 388 g/mol. The highest BCUT2D eigenvalue weighted by Crippen LogP contribution is 2.27. The first-order valence-corrected chi connectivity index (χ1v) is 8.84. The summed E-state index contributed by atoms with van der Waals surface area (Å²) in [6, 6.07) is 2.72. The van der Waals surface area contributed by atoms with E-state index in [2.05, 4.69) is 5.32 Å². The van der Waals surface area contributed by atoms with E-state index >= 15 is 0 Å². The van der Waals surface area contributed by atoms with Crippen LogP contribution in [-0.4, -0.2) is 30.9 Å². The lowest BCUT2D eigenvalue weighted by molar-refractivity contribution is -0.682. The Labute approximate surface area is 165 Å². The van der Waals surface area contributed by atoms with Crippen LogP contribution in [0.5, 0.6) is 0 Å². The molecule has 2 aromatic rings. The quantitative estimate of drug-likeness (QED) is 0.567. The second-order valence-corrected chi connectivity index (χ2v) is 6.26. The fraction of sp³-hybridized carbons (Fsp3) is 0.316. The molecule has 2 amide bonds. The van der Waals surface area contributed by atoms with Crippen LogP contribution in [0.2, 0.25) is 0 Å². The molecule has 0 radical (unpaired) electrons. The largest absolute Gasteiger partial charge is 0.462 e.